The third-order valence-corrected chi connectivity index (χ3v) is 7.27. The fourth-order valence-corrected chi connectivity index (χ4v) is 4.82. The van der Waals surface area contributed by atoms with Gasteiger partial charge in [0, 0.05) is 43.2 Å². The average Bonchev–Trinajstić information content (AvgIpc) is 2.90. The molecule has 1 fully saturated rings. The van der Waals surface area contributed by atoms with Crippen molar-refractivity contribution >= 4 is 45.9 Å². The number of aromatic nitrogens is 2. The lowest BCUT2D eigenvalue weighted by Crippen LogP contribution is -2.54. The van der Waals surface area contributed by atoms with E-state index in [0.29, 0.717) is 50.7 Å². The Morgan fingerprint density at radius 3 is 2.49 bits per heavy atom. The Labute approximate surface area is 241 Å². The van der Waals surface area contributed by atoms with E-state index in [4.69, 9.17) is 21.7 Å². The van der Waals surface area contributed by atoms with Crippen molar-refractivity contribution in [1.29, 1.82) is 5.26 Å². The van der Waals surface area contributed by atoms with Crippen LogP contribution in [0.3, 0.4) is 0 Å². The summed E-state index contributed by atoms with van der Waals surface area (Å²) in [6.07, 6.45) is 1.12. The van der Waals surface area contributed by atoms with Crippen LogP contribution in [0.5, 0.6) is 5.88 Å². The Morgan fingerprint density at radius 1 is 1.22 bits per heavy atom. The van der Waals surface area contributed by atoms with Crippen LogP contribution in [0.15, 0.2) is 30.3 Å². The third-order valence-electron chi connectivity index (χ3n) is 6.81. The van der Waals surface area contributed by atoms with Crippen LogP contribution in [0.1, 0.15) is 44.6 Å². The smallest absolute Gasteiger partial charge is 0.271 e. The van der Waals surface area contributed by atoms with Crippen LogP contribution in [0.25, 0.3) is 10.9 Å². The molecule has 2 heterocycles. The van der Waals surface area contributed by atoms with E-state index in [1.807, 2.05) is 6.92 Å². The van der Waals surface area contributed by atoms with Gasteiger partial charge in [0.2, 0.25) is 5.88 Å². The molecule has 0 unspecified atom stereocenters. The van der Waals surface area contributed by atoms with Gasteiger partial charge in [-0.1, -0.05) is 6.92 Å². The molecule has 0 N–H and O–H groups in total. The van der Waals surface area contributed by atoms with E-state index in [-0.39, 0.29) is 39.4 Å². The van der Waals surface area contributed by atoms with Crippen molar-refractivity contribution in [1.82, 2.24) is 9.97 Å². The maximum atomic E-state index is 15.7. The number of thiocarbonyl (C=S) groups is 1. The molecular weight excluding hydrogens is 555 g/mol. The fourth-order valence-electron chi connectivity index (χ4n) is 4.37. The molecule has 12 heteroatoms. The van der Waals surface area contributed by atoms with Crippen LogP contribution in [0.2, 0.25) is 0 Å². The highest BCUT2D eigenvalue weighted by molar-refractivity contribution is 7.80. The number of aldehydes is 1. The van der Waals surface area contributed by atoms with Gasteiger partial charge in [-0.3, -0.25) is 0 Å². The number of carbonyl (C=O) groups excluding carboxylic acids is 1. The normalized spacial score (nSPS) is 13.8. The molecule has 8 nitrogen and oxygen atoms in total. The van der Waals surface area contributed by atoms with Crippen LogP contribution in [-0.4, -0.2) is 53.8 Å². The summed E-state index contributed by atoms with van der Waals surface area (Å²) in [6.45, 7) is 7.19. The van der Waals surface area contributed by atoms with Gasteiger partial charge in [-0.15, -0.1) is 0 Å². The molecule has 0 bridgehead atoms. The van der Waals surface area contributed by atoms with E-state index in [2.05, 4.69) is 9.97 Å². The average molecular weight is 586 g/mol. The minimum Gasteiger partial charge on any atom is -0.477 e. The molecule has 0 amide bonds. The Morgan fingerprint density at radius 2 is 1.93 bits per heavy atom. The summed E-state index contributed by atoms with van der Waals surface area (Å²) in [7, 11) is 1.54. The molecule has 0 aliphatic carbocycles. The van der Waals surface area contributed by atoms with Crippen LogP contribution in [0, 0.1) is 23.1 Å². The van der Waals surface area contributed by atoms with E-state index in [1.165, 1.54) is 34.1 Å². The molecule has 2 aromatic carbocycles. The number of alkyl halides is 2. The number of nitrogens with zero attached hydrogens (tertiary/aromatic N) is 5. The zero-order chi connectivity index (χ0) is 30.1. The predicted octanol–water partition coefficient (Wildman–Crippen LogP) is 5.55. The Kier molecular flexibility index (Phi) is 8.52. The first-order valence-corrected chi connectivity index (χ1v) is 13.4. The summed E-state index contributed by atoms with van der Waals surface area (Å²) in [5.41, 5.74) is -1.40. The first kappa shape index (κ1) is 30.1. The highest BCUT2D eigenvalue weighted by Crippen LogP contribution is 2.36. The van der Waals surface area contributed by atoms with Crippen molar-refractivity contribution in [2.45, 2.75) is 45.6 Å². The molecule has 4 rings (SSSR count). The zero-order valence-corrected chi connectivity index (χ0v) is 24.2. The SMILES string of the molecule is CCc1nc(OCC2COC2)c2cc(N(C(=S)N(C)c3ccc(C#N)c(C(C)(F)F)c3)C(C)(C)C=O)cc(F)c2n1. The van der Waals surface area contributed by atoms with Gasteiger partial charge in [0.15, 0.2) is 10.9 Å². The fraction of sp³-hybridized carbons (Fsp3) is 0.414. The highest BCUT2D eigenvalue weighted by Gasteiger charge is 2.34. The first-order valence-electron chi connectivity index (χ1n) is 13.0. The summed E-state index contributed by atoms with van der Waals surface area (Å²) in [6, 6.07) is 8.53. The molecule has 0 atom stereocenters. The highest BCUT2D eigenvalue weighted by atomic mass is 32.1. The van der Waals surface area contributed by atoms with Crippen LogP contribution in [0.4, 0.5) is 24.5 Å². The minimum atomic E-state index is -3.29. The van der Waals surface area contributed by atoms with Gasteiger partial charge in [-0.25, -0.2) is 18.2 Å². The van der Waals surface area contributed by atoms with Crippen molar-refractivity contribution in [3.05, 3.63) is 53.1 Å². The van der Waals surface area contributed by atoms with Gasteiger partial charge in [-0.2, -0.15) is 10.2 Å². The lowest BCUT2D eigenvalue weighted by atomic mass is 10.0. The van der Waals surface area contributed by atoms with Gasteiger partial charge in [0.05, 0.1) is 42.4 Å². The van der Waals surface area contributed by atoms with Crippen molar-refractivity contribution in [2.75, 3.05) is 36.7 Å². The number of hydrogen-bond acceptors (Lipinski definition) is 7. The minimum absolute atomic E-state index is 0.0242. The Balaban J connectivity index is 1.82. The van der Waals surface area contributed by atoms with E-state index in [1.54, 1.807) is 33.0 Å². The van der Waals surface area contributed by atoms with E-state index < -0.39 is 22.8 Å². The first-order chi connectivity index (χ1) is 19.3. The van der Waals surface area contributed by atoms with Crippen LogP contribution in [-0.2, 0) is 21.9 Å². The molecule has 0 radical (unpaired) electrons. The number of halogens is 3. The van der Waals surface area contributed by atoms with Gasteiger partial charge in [0.25, 0.3) is 5.92 Å². The van der Waals surface area contributed by atoms with E-state index in [0.717, 1.165) is 0 Å². The zero-order valence-electron chi connectivity index (χ0n) is 23.4. The molecule has 0 spiro atoms. The quantitative estimate of drug-likeness (QED) is 0.237. The number of fused-ring (bicyclic) bond motifs is 1. The standard InChI is InChI=1S/C29H30F3N5O3S/c1-6-24-34-25-21(26(35-24)40-15-17-13-39-14-17)9-20(11-23(25)30)37(28(2,3)16-38)27(41)36(5)19-8-7-18(12-33)22(10-19)29(4,31)32/h7-11,16-17H,6,13-15H2,1-5H3. The van der Waals surface area contributed by atoms with Gasteiger partial charge in [0.1, 0.15) is 17.6 Å². The van der Waals surface area contributed by atoms with Crippen LogP contribution >= 0.6 is 12.2 Å². The maximum Gasteiger partial charge on any atom is 0.271 e. The molecule has 41 heavy (non-hydrogen) atoms. The number of nitriles is 1. The summed E-state index contributed by atoms with van der Waals surface area (Å²) >= 11 is 5.76. The van der Waals surface area contributed by atoms with Crippen molar-refractivity contribution in [3.8, 4) is 11.9 Å². The van der Waals surface area contributed by atoms with Crippen molar-refractivity contribution in [2.24, 2.45) is 5.92 Å². The number of ether oxygens (including phenoxy) is 2. The number of hydrogen-bond donors (Lipinski definition) is 0. The predicted molar refractivity (Wildman–Crippen MR) is 153 cm³/mol. The number of carbonyl (C=O) groups is 1. The lowest BCUT2D eigenvalue weighted by Gasteiger charge is -2.40. The molecule has 0 saturated carbocycles. The van der Waals surface area contributed by atoms with Crippen molar-refractivity contribution in [3.63, 3.8) is 0 Å². The molecule has 1 aliphatic heterocycles. The molecule has 1 saturated heterocycles. The second-order valence-electron chi connectivity index (χ2n) is 10.5. The molecular formula is C29H30F3N5O3S. The largest absolute Gasteiger partial charge is 0.477 e. The topological polar surface area (TPSA) is 91.6 Å². The van der Waals surface area contributed by atoms with Crippen LogP contribution < -0.4 is 14.5 Å². The Bertz CT molecular complexity index is 1530. The number of rotatable bonds is 9. The Hall–Kier alpha value is -3.82. The van der Waals surface area contributed by atoms with Gasteiger partial charge < -0.3 is 24.1 Å². The number of aryl methyl sites for hydroxylation is 1. The second-order valence-corrected chi connectivity index (χ2v) is 10.9. The summed E-state index contributed by atoms with van der Waals surface area (Å²) < 4.78 is 55.5. The van der Waals surface area contributed by atoms with E-state index >= 15 is 4.39 Å². The van der Waals surface area contributed by atoms with Crippen molar-refractivity contribution < 1.29 is 27.4 Å². The molecule has 1 aliphatic rings. The molecule has 1 aromatic heterocycles. The molecule has 3 aromatic rings. The lowest BCUT2D eigenvalue weighted by molar-refractivity contribution is -0.111. The van der Waals surface area contributed by atoms with Gasteiger partial charge >= 0.3 is 0 Å². The maximum absolute atomic E-state index is 15.7. The summed E-state index contributed by atoms with van der Waals surface area (Å²) in [5.74, 6) is -3.16. The number of anilines is 2. The monoisotopic (exact) mass is 585 g/mol. The second kappa shape index (κ2) is 11.6. The van der Waals surface area contributed by atoms with E-state index in [9.17, 15) is 18.8 Å². The molecule has 216 valence electrons. The summed E-state index contributed by atoms with van der Waals surface area (Å²) in [4.78, 5) is 24.0. The summed E-state index contributed by atoms with van der Waals surface area (Å²) in [5, 5.41) is 9.63. The number of benzene rings is 2. The third kappa shape index (κ3) is 6.11. The van der Waals surface area contributed by atoms with Gasteiger partial charge in [-0.05, 0) is 56.4 Å².